The van der Waals surface area contributed by atoms with Crippen LogP contribution in [0.15, 0.2) is 18.2 Å². The molecule has 0 amide bonds. The summed E-state index contributed by atoms with van der Waals surface area (Å²) < 4.78 is 0. The number of fused-ring (bicyclic) bond motifs is 1. The van der Waals surface area contributed by atoms with Crippen molar-refractivity contribution >= 4 is 35.6 Å². The first-order valence-electron chi connectivity index (χ1n) is 4.89. The van der Waals surface area contributed by atoms with E-state index in [9.17, 15) is 0 Å². The number of piperidine rings is 1. The molecular weight excluding hydrogens is 252 g/mol. The molecule has 3 rings (SSSR count). The maximum Gasteiger partial charge on any atom is 0.0595 e. The van der Waals surface area contributed by atoms with Crippen molar-refractivity contribution < 1.29 is 0 Å². The molecule has 1 aromatic carbocycles. The van der Waals surface area contributed by atoms with E-state index in [0.29, 0.717) is 15.5 Å². The molecule has 1 heterocycles. The minimum Gasteiger partial charge on any atom is -0.316 e. The maximum absolute atomic E-state index is 6.02. The van der Waals surface area contributed by atoms with E-state index in [0.717, 1.165) is 19.0 Å². The molecule has 1 aromatic rings. The molecule has 0 spiro atoms. The first kappa shape index (κ1) is 11.5. The lowest BCUT2D eigenvalue weighted by Gasteiger charge is -2.12. The number of halogens is 3. The zero-order valence-electron chi connectivity index (χ0n) is 8.09. The van der Waals surface area contributed by atoms with Crippen molar-refractivity contribution in [1.82, 2.24) is 5.32 Å². The molecule has 0 radical (unpaired) electrons. The van der Waals surface area contributed by atoms with Crippen LogP contribution in [-0.2, 0) is 5.41 Å². The zero-order chi connectivity index (χ0) is 9.76. The second-order valence-corrected chi connectivity index (χ2v) is 5.13. The average molecular weight is 265 g/mol. The summed E-state index contributed by atoms with van der Waals surface area (Å²) in [6.45, 7) is 2.25. The Bertz CT molecular complexity index is 393. The molecular formula is C11H12Cl3N. The Balaban J connectivity index is 0.000000853. The van der Waals surface area contributed by atoms with Gasteiger partial charge in [-0.05, 0) is 36.6 Å². The Labute approximate surface area is 106 Å². The van der Waals surface area contributed by atoms with E-state index in [-0.39, 0.29) is 12.4 Å². The van der Waals surface area contributed by atoms with E-state index < -0.39 is 0 Å². The number of rotatable bonds is 1. The van der Waals surface area contributed by atoms with Crippen molar-refractivity contribution in [3.8, 4) is 0 Å². The highest BCUT2D eigenvalue weighted by Crippen LogP contribution is 2.56. The van der Waals surface area contributed by atoms with E-state index in [1.165, 1.54) is 12.0 Å². The standard InChI is InChI=1S/C11H11Cl2N.ClH/c12-9-2-1-7(3-10(9)13)11-4-8(11)5-14-6-11;/h1-3,8,14H,4-6H2;1H/t8?,11-;/m1./s1. The van der Waals surface area contributed by atoms with Crippen LogP contribution in [-0.4, -0.2) is 13.1 Å². The lowest BCUT2D eigenvalue weighted by Crippen LogP contribution is -2.19. The van der Waals surface area contributed by atoms with Gasteiger partial charge in [0.15, 0.2) is 0 Å². The third-order valence-corrected chi connectivity index (χ3v) is 4.30. The fourth-order valence-electron chi connectivity index (χ4n) is 2.60. The summed E-state index contributed by atoms with van der Waals surface area (Å²) in [6.07, 6.45) is 1.30. The molecule has 1 N–H and O–H groups in total. The first-order valence-corrected chi connectivity index (χ1v) is 5.64. The van der Waals surface area contributed by atoms with Crippen LogP contribution in [0.4, 0.5) is 0 Å². The molecule has 1 aliphatic carbocycles. The van der Waals surface area contributed by atoms with Crippen molar-refractivity contribution in [2.24, 2.45) is 5.92 Å². The number of nitrogens with one attached hydrogen (secondary N) is 1. The number of benzene rings is 1. The lowest BCUT2D eigenvalue weighted by molar-refractivity contribution is 0.676. The lowest BCUT2D eigenvalue weighted by atomic mass is 9.95. The Morgan fingerprint density at radius 2 is 2.07 bits per heavy atom. The SMILES string of the molecule is Cl.Clc1ccc([C@@]23CNCC2C3)cc1Cl. The van der Waals surface area contributed by atoms with E-state index in [4.69, 9.17) is 23.2 Å². The van der Waals surface area contributed by atoms with Crippen LogP contribution in [0.3, 0.4) is 0 Å². The number of hydrogen-bond acceptors (Lipinski definition) is 1. The topological polar surface area (TPSA) is 12.0 Å². The summed E-state index contributed by atoms with van der Waals surface area (Å²) >= 11 is 11.9. The van der Waals surface area contributed by atoms with Gasteiger partial charge >= 0.3 is 0 Å². The normalized spacial score (nSPS) is 32.0. The van der Waals surface area contributed by atoms with Crippen LogP contribution in [0.1, 0.15) is 12.0 Å². The summed E-state index contributed by atoms with van der Waals surface area (Å²) in [5.41, 5.74) is 1.73. The van der Waals surface area contributed by atoms with Crippen molar-refractivity contribution in [1.29, 1.82) is 0 Å². The second-order valence-electron chi connectivity index (χ2n) is 4.32. The Morgan fingerprint density at radius 3 is 2.60 bits per heavy atom. The zero-order valence-corrected chi connectivity index (χ0v) is 10.4. The van der Waals surface area contributed by atoms with Gasteiger partial charge in [-0.1, -0.05) is 29.3 Å². The molecule has 15 heavy (non-hydrogen) atoms. The minimum absolute atomic E-state index is 0. The summed E-state index contributed by atoms with van der Waals surface area (Å²) in [6, 6.07) is 6.04. The van der Waals surface area contributed by atoms with Crippen LogP contribution < -0.4 is 5.32 Å². The summed E-state index contributed by atoms with van der Waals surface area (Å²) in [7, 11) is 0. The molecule has 1 nitrogen and oxygen atoms in total. The van der Waals surface area contributed by atoms with E-state index in [2.05, 4.69) is 11.4 Å². The van der Waals surface area contributed by atoms with Gasteiger partial charge in [-0.3, -0.25) is 0 Å². The van der Waals surface area contributed by atoms with Crippen LogP contribution in [0.25, 0.3) is 0 Å². The average Bonchev–Trinajstić information content (AvgIpc) is 2.75. The third kappa shape index (κ3) is 1.66. The van der Waals surface area contributed by atoms with E-state index in [1.807, 2.05) is 12.1 Å². The van der Waals surface area contributed by atoms with Gasteiger partial charge in [-0.25, -0.2) is 0 Å². The molecule has 1 aliphatic heterocycles. The third-order valence-electron chi connectivity index (χ3n) is 3.56. The quantitative estimate of drug-likeness (QED) is 0.821. The summed E-state index contributed by atoms with van der Waals surface area (Å²) in [4.78, 5) is 0. The molecule has 2 atom stereocenters. The Morgan fingerprint density at radius 1 is 1.27 bits per heavy atom. The fraction of sp³-hybridized carbons (Fsp3) is 0.455. The molecule has 4 heteroatoms. The van der Waals surface area contributed by atoms with Gasteiger partial charge in [-0.15, -0.1) is 12.4 Å². The van der Waals surface area contributed by atoms with Crippen molar-refractivity contribution in [2.75, 3.05) is 13.1 Å². The van der Waals surface area contributed by atoms with Crippen molar-refractivity contribution in [3.63, 3.8) is 0 Å². The molecule has 0 aromatic heterocycles. The highest BCUT2D eigenvalue weighted by molar-refractivity contribution is 6.42. The smallest absolute Gasteiger partial charge is 0.0595 e. The van der Waals surface area contributed by atoms with Crippen molar-refractivity contribution in [2.45, 2.75) is 11.8 Å². The van der Waals surface area contributed by atoms with Gasteiger partial charge in [0.05, 0.1) is 10.0 Å². The monoisotopic (exact) mass is 263 g/mol. The summed E-state index contributed by atoms with van der Waals surface area (Å²) in [5, 5.41) is 4.74. The van der Waals surface area contributed by atoms with E-state index in [1.54, 1.807) is 0 Å². The Kier molecular flexibility index (Phi) is 2.93. The maximum atomic E-state index is 6.02. The largest absolute Gasteiger partial charge is 0.316 e. The van der Waals surface area contributed by atoms with Gasteiger partial charge in [0.25, 0.3) is 0 Å². The van der Waals surface area contributed by atoms with Crippen LogP contribution in [0.5, 0.6) is 0 Å². The molecule has 1 saturated carbocycles. The van der Waals surface area contributed by atoms with Crippen LogP contribution in [0.2, 0.25) is 10.0 Å². The van der Waals surface area contributed by atoms with Gasteiger partial charge in [0, 0.05) is 12.0 Å². The van der Waals surface area contributed by atoms with Gasteiger partial charge in [0.2, 0.25) is 0 Å². The summed E-state index contributed by atoms with van der Waals surface area (Å²) in [5.74, 6) is 0.819. The Hall–Kier alpha value is 0.0500. The molecule has 1 unspecified atom stereocenters. The molecule has 0 bridgehead atoms. The fourth-order valence-corrected chi connectivity index (χ4v) is 2.89. The highest BCUT2D eigenvalue weighted by atomic mass is 35.5. The van der Waals surface area contributed by atoms with Gasteiger partial charge in [-0.2, -0.15) is 0 Å². The highest BCUT2D eigenvalue weighted by Gasteiger charge is 2.57. The van der Waals surface area contributed by atoms with Crippen molar-refractivity contribution in [3.05, 3.63) is 33.8 Å². The predicted octanol–water partition coefficient (Wildman–Crippen LogP) is 3.28. The molecule has 2 aliphatic rings. The predicted molar refractivity (Wildman–Crippen MR) is 66.4 cm³/mol. The number of hydrogen-bond donors (Lipinski definition) is 1. The minimum atomic E-state index is 0. The second kappa shape index (κ2) is 3.81. The molecule has 2 fully saturated rings. The van der Waals surface area contributed by atoms with Gasteiger partial charge in [0.1, 0.15) is 0 Å². The van der Waals surface area contributed by atoms with Crippen LogP contribution in [0, 0.1) is 5.92 Å². The van der Waals surface area contributed by atoms with Crippen LogP contribution >= 0.6 is 35.6 Å². The van der Waals surface area contributed by atoms with Gasteiger partial charge < -0.3 is 5.32 Å². The molecule has 1 saturated heterocycles. The molecule has 82 valence electrons. The van der Waals surface area contributed by atoms with E-state index >= 15 is 0 Å². The first-order chi connectivity index (χ1) is 6.72.